The molecule has 0 bridgehead atoms. The number of rotatable bonds is 6. The molecule has 0 saturated carbocycles. The standard InChI is InChI=1S/C10H17F2N3/c1-3-8(2)15-5-4-9(14-15)6-13-7-10(11)12/h4-5,8,10,13H,3,6-7H2,1-2H3. The minimum Gasteiger partial charge on any atom is -0.306 e. The van der Waals surface area contributed by atoms with Crippen LogP contribution in [0.2, 0.25) is 0 Å². The van der Waals surface area contributed by atoms with E-state index in [1.165, 1.54) is 0 Å². The number of hydrogen-bond donors (Lipinski definition) is 1. The average Bonchev–Trinajstić information content (AvgIpc) is 2.65. The van der Waals surface area contributed by atoms with E-state index in [4.69, 9.17) is 0 Å². The van der Waals surface area contributed by atoms with Crippen molar-refractivity contribution in [3.63, 3.8) is 0 Å². The molecule has 5 heteroatoms. The molecule has 15 heavy (non-hydrogen) atoms. The smallest absolute Gasteiger partial charge is 0.250 e. The normalized spacial score (nSPS) is 13.4. The molecule has 1 atom stereocenters. The average molecular weight is 217 g/mol. The molecule has 1 heterocycles. The molecule has 1 N–H and O–H groups in total. The fourth-order valence-electron chi connectivity index (χ4n) is 1.21. The molecule has 0 fully saturated rings. The van der Waals surface area contributed by atoms with Crippen molar-refractivity contribution in [2.45, 2.75) is 39.3 Å². The topological polar surface area (TPSA) is 29.9 Å². The third kappa shape index (κ3) is 3.95. The van der Waals surface area contributed by atoms with Crippen molar-refractivity contribution in [1.29, 1.82) is 0 Å². The van der Waals surface area contributed by atoms with E-state index in [2.05, 4.69) is 24.3 Å². The van der Waals surface area contributed by atoms with Crippen LogP contribution >= 0.6 is 0 Å². The van der Waals surface area contributed by atoms with Crippen molar-refractivity contribution < 1.29 is 8.78 Å². The summed E-state index contributed by atoms with van der Waals surface area (Å²) in [7, 11) is 0. The Bertz CT molecular complexity index is 286. The van der Waals surface area contributed by atoms with Crippen molar-refractivity contribution in [2.75, 3.05) is 6.54 Å². The van der Waals surface area contributed by atoms with Crippen LogP contribution in [0.3, 0.4) is 0 Å². The van der Waals surface area contributed by atoms with Gasteiger partial charge in [0.1, 0.15) is 0 Å². The maximum Gasteiger partial charge on any atom is 0.250 e. The van der Waals surface area contributed by atoms with E-state index in [1.54, 1.807) is 0 Å². The van der Waals surface area contributed by atoms with Crippen LogP contribution in [0.25, 0.3) is 0 Å². The summed E-state index contributed by atoms with van der Waals surface area (Å²) in [5.74, 6) is 0. The Morgan fingerprint density at radius 2 is 2.27 bits per heavy atom. The van der Waals surface area contributed by atoms with Gasteiger partial charge in [-0.2, -0.15) is 5.10 Å². The molecule has 86 valence electrons. The zero-order valence-electron chi connectivity index (χ0n) is 9.08. The van der Waals surface area contributed by atoms with Gasteiger partial charge in [-0.05, 0) is 19.4 Å². The van der Waals surface area contributed by atoms with Crippen LogP contribution in [0.1, 0.15) is 32.0 Å². The summed E-state index contributed by atoms with van der Waals surface area (Å²) in [5, 5.41) is 6.93. The maximum atomic E-state index is 11.8. The molecular weight excluding hydrogens is 200 g/mol. The first-order valence-electron chi connectivity index (χ1n) is 5.16. The summed E-state index contributed by atoms with van der Waals surface area (Å²) >= 11 is 0. The van der Waals surface area contributed by atoms with Gasteiger partial charge in [0.2, 0.25) is 0 Å². The van der Waals surface area contributed by atoms with E-state index < -0.39 is 6.43 Å². The van der Waals surface area contributed by atoms with Gasteiger partial charge in [0.25, 0.3) is 6.43 Å². The van der Waals surface area contributed by atoms with Gasteiger partial charge in [-0.15, -0.1) is 0 Å². The van der Waals surface area contributed by atoms with Gasteiger partial charge in [-0.1, -0.05) is 6.92 Å². The molecule has 1 unspecified atom stereocenters. The number of nitrogens with one attached hydrogen (secondary N) is 1. The highest BCUT2D eigenvalue weighted by atomic mass is 19.3. The maximum absolute atomic E-state index is 11.8. The Morgan fingerprint density at radius 3 is 2.87 bits per heavy atom. The van der Waals surface area contributed by atoms with Gasteiger partial charge in [0.05, 0.1) is 12.2 Å². The predicted molar refractivity (Wildman–Crippen MR) is 54.9 cm³/mol. The summed E-state index contributed by atoms with van der Waals surface area (Å²) < 4.78 is 25.5. The first kappa shape index (κ1) is 12.1. The largest absolute Gasteiger partial charge is 0.306 e. The quantitative estimate of drug-likeness (QED) is 0.791. The Morgan fingerprint density at radius 1 is 1.53 bits per heavy atom. The Hall–Kier alpha value is -0.970. The van der Waals surface area contributed by atoms with E-state index in [0.29, 0.717) is 12.6 Å². The summed E-state index contributed by atoms with van der Waals surface area (Å²) in [4.78, 5) is 0. The van der Waals surface area contributed by atoms with Crippen LogP contribution in [0.15, 0.2) is 12.3 Å². The van der Waals surface area contributed by atoms with E-state index >= 15 is 0 Å². The van der Waals surface area contributed by atoms with Crippen LogP contribution in [-0.2, 0) is 6.54 Å². The Labute approximate surface area is 88.5 Å². The second-order valence-corrected chi connectivity index (χ2v) is 3.57. The van der Waals surface area contributed by atoms with E-state index in [1.807, 2.05) is 16.9 Å². The molecule has 0 spiro atoms. The summed E-state index contributed by atoms with van der Waals surface area (Å²) in [5.41, 5.74) is 0.802. The molecule has 0 aromatic carbocycles. The van der Waals surface area contributed by atoms with Gasteiger partial charge in [-0.25, -0.2) is 8.78 Å². The first-order valence-corrected chi connectivity index (χ1v) is 5.16. The van der Waals surface area contributed by atoms with Crippen LogP contribution in [0.4, 0.5) is 8.78 Å². The number of aromatic nitrogens is 2. The van der Waals surface area contributed by atoms with Crippen LogP contribution in [-0.4, -0.2) is 22.8 Å². The molecule has 1 aromatic rings. The lowest BCUT2D eigenvalue weighted by Crippen LogP contribution is -2.21. The van der Waals surface area contributed by atoms with E-state index in [9.17, 15) is 8.78 Å². The molecule has 0 amide bonds. The van der Waals surface area contributed by atoms with Gasteiger partial charge in [0, 0.05) is 18.8 Å². The molecule has 0 saturated heterocycles. The molecule has 0 aliphatic rings. The highest BCUT2D eigenvalue weighted by molar-refractivity contribution is 4.99. The molecule has 0 radical (unpaired) electrons. The van der Waals surface area contributed by atoms with Crippen molar-refractivity contribution in [3.05, 3.63) is 18.0 Å². The Balaban J connectivity index is 2.39. The molecular formula is C10H17F2N3. The number of alkyl halides is 2. The second kappa shape index (κ2) is 5.80. The van der Waals surface area contributed by atoms with Crippen LogP contribution in [0, 0.1) is 0 Å². The molecule has 3 nitrogen and oxygen atoms in total. The van der Waals surface area contributed by atoms with E-state index in [0.717, 1.165) is 12.1 Å². The minimum atomic E-state index is -2.30. The van der Waals surface area contributed by atoms with Crippen LogP contribution in [0.5, 0.6) is 0 Å². The molecule has 0 aliphatic heterocycles. The zero-order valence-corrected chi connectivity index (χ0v) is 9.08. The van der Waals surface area contributed by atoms with Crippen molar-refractivity contribution >= 4 is 0 Å². The fraction of sp³-hybridized carbons (Fsp3) is 0.700. The fourth-order valence-corrected chi connectivity index (χ4v) is 1.21. The number of nitrogens with zero attached hydrogens (tertiary/aromatic N) is 2. The van der Waals surface area contributed by atoms with E-state index in [-0.39, 0.29) is 6.54 Å². The molecule has 1 aromatic heterocycles. The monoisotopic (exact) mass is 217 g/mol. The summed E-state index contributed by atoms with van der Waals surface area (Å²) in [6.07, 6.45) is 0.584. The SMILES string of the molecule is CCC(C)n1ccc(CNCC(F)F)n1. The molecule has 0 aliphatic carbocycles. The lowest BCUT2D eigenvalue weighted by atomic mass is 10.3. The van der Waals surface area contributed by atoms with Crippen LogP contribution < -0.4 is 5.32 Å². The Kier molecular flexibility index (Phi) is 4.68. The highest BCUT2D eigenvalue weighted by Crippen LogP contribution is 2.08. The van der Waals surface area contributed by atoms with Crippen molar-refractivity contribution in [1.82, 2.24) is 15.1 Å². The van der Waals surface area contributed by atoms with Crippen molar-refractivity contribution in [3.8, 4) is 0 Å². The predicted octanol–water partition coefficient (Wildman–Crippen LogP) is 2.21. The second-order valence-electron chi connectivity index (χ2n) is 3.57. The third-order valence-corrected chi connectivity index (χ3v) is 2.31. The van der Waals surface area contributed by atoms with Crippen molar-refractivity contribution in [2.24, 2.45) is 0 Å². The lowest BCUT2D eigenvalue weighted by Gasteiger charge is -2.08. The minimum absolute atomic E-state index is 0.282. The number of hydrogen-bond acceptors (Lipinski definition) is 2. The van der Waals surface area contributed by atoms with Gasteiger partial charge in [0.15, 0.2) is 0 Å². The summed E-state index contributed by atoms with van der Waals surface area (Å²) in [6.45, 7) is 4.27. The van der Waals surface area contributed by atoms with Gasteiger partial charge < -0.3 is 5.32 Å². The van der Waals surface area contributed by atoms with Gasteiger partial charge >= 0.3 is 0 Å². The molecule has 1 rings (SSSR count). The lowest BCUT2D eigenvalue weighted by molar-refractivity contribution is 0.145. The van der Waals surface area contributed by atoms with Gasteiger partial charge in [-0.3, -0.25) is 4.68 Å². The third-order valence-electron chi connectivity index (χ3n) is 2.31. The highest BCUT2D eigenvalue weighted by Gasteiger charge is 2.05. The zero-order chi connectivity index (χ0) is 11.3. The first-order chi connectivity index (χ1) is 7.13. The summed E-state index contributed by atoms with van der Waals surface area (Å²) in [6, 6.07) is 2.21. The number of halogens is 2.